The number of fused-ring (bicyclic) bond motifs is 2. The second kappa shape index (κ2) is 9.68. The summed E-state index contributed by atoms with van der Waals surface area (Å²) in [5.41, 5.74) is 2.39. The number of likely N-dealkylation sites (N-methyl/N-ethyl adjacent to an activating group) is 1. The Hall–Kier alpha value is -1.66. The maximum Gasteiger partial charge on any atom is 0.223 e. The van der Waals surface area contributed by atoms with Gasteiger partial charge in [0.2, 0.25) is 5.91 Å². The summed E-state index contributed by atoms with van der Waals surface area (Å²) in [6, 6.07) is 11.0. The van der Waals surface area contributed by atoms with Crippen LogP contribution in [0.4, 0.5) is 10.1 Å². The fourth-order valence-electron chi connectivity index (χ4n) is 5.36. The summed E-state index contributed by atoms with van der Waals surface area (Å²) >= 11 is 12.3. The molecule has 0 unspecified atom stereocenters. The first-order valence-electron chi connectivity index (χ1n) is 11.2. The van der Waals surface area contributed by atoms with Crippen molar-refractivity contribution in [2.45, 2.75) is 37.5 Å². The Kier molecular flexibility index (Phi) is 7.11. The average Bonchev–Trinajstić information content (AvgIpc) is 3.10. The maximum atomic E-state index is 14.9. The van der Waals surface area contributed by atoms with Crippen molar-refractivity contribution in [1.29, 1.82) is 0 Å². The van der Waals surface area contributed by atoms with Crippen LogP contribution in [0.25, 0.3) is 0 Å². The zero-order chi connectivity index (χ0) is 22.9. The number of anilines is 1. The Bertz CT molecular complexity index is 991. The minimum atomic E-state index is -0.281. The van der Waals surface area contributed by atoms with Crippen LogP contribution in [0.1, 0.15) is 43.2 Å². The lowest BCUT2D eigenvalue weighted by atomic mass is 9.74. The van der Waals surface area contributed by atoms with Gasteiger partial charge in [0, 0.05) is 31.0 Å². The SMILES string of the molecule is CNC[C@@H](CCN1CCC2(CC1)CN(C(C)=O)c1cccc(F)c12)c1ccc(Cl)c(Cl)c1. The van der Waals surface area contributed by atoms with Crippen molar-refractivity contribution in [1.82, 2.24) is 10.2 Å². The van der Waals surface area contributed by atoms with Crippen LogP contribution in [0, 0.1) is 5.82 Å². The number of carbonyl (C=O) groups is 1. The van der Waals surface area contributed by atoms with E-state index < -0.39 is 0 Å². The second-order valence-electron chi connectivity index (χ2n) is 9.08. The van der Waals surface area contributed by atoms with Gasteiger partial charge in [0.05, 0.1) is 15.7 Å². The summed E-state index contributed by atoms with van der Waals surface area (Å²) in [6.45, 7) is 5.76. The topological polar surface area (TPSA) is 35.6 Å². The predicted octanol–water partition coefficient (Wildman–Crippen LogP) is 5.23. The van der Waals surface area contributed by atoms with Crippen molar-refractivity contribution in [3.63, 3.8) is 0 Å². The quantitative estimate of drug-likeness (QED) is 0.618. The molecule has 1 N–H and O–H groups in total. The van der Waals surface area contributed by atoms with Crippen molar-refractivity contribution in [3.05, 3.63) is 63.4 Å². The molecule has 1 spiro atoms. The van der Waals surface area contributed by atoms with Crippen LogP contribution in [0.15, 0.2) is 36.4 Å². The fraction of sp³-hybridized carbons (Fsp3) is 0.480. The largest absolute Gasteiger partial charge is 0.319 e. The highest BCUT2D eigenvalue weighted by atomic mass is 35.5. The van der Waals surface area contributed by atoms with Crippen molar-refractivity contribution in [3.8, 4) is 0 Å². The number of rotatable bonds is 6. The van der Waals surface area contributed by atoms with Crippen LogP contribution in [0.5, 0.6) is 0 Å². The van der Waals surface area contributed by atoms with Crippen LogP contribution in [-0.2, 0) is 10.2 Å². The molecule has 1 fully saturated rings. The van der Waals surface area contributed by atoms with Gasteiger partial charge < -0.3 is 15.1 Å². The zero-order valence-corrected chi connectivity index (χ0v) is 20.1. The third-order valence-electron chi connectivity index (χ3n) is 7.13. The van der Waals surface area contributed by atoms with Gasteiger partial charge in [-0.2, -0.15) is 0 Å². The molecule has 2 aromatic carbocycles. The number of likely N-dealkylation sites (tertiary alicyclic amines) is 1. The molecule has 7 heteroatoms. The number of benzene rings is 2. The van der Waals surface area contributed by atoms with Gasteiger partial charge >= 0.3 is 0 Å². The molecule has 172 valence electrons. The molecule has 2 heterocycles. The molecule has 4 nitrogen and oxygen atoms in total. The second-order valence-corrected chi connectivity index (χ2v) is 9.89. The molecule has 2 aromatic rings. The Morgan fingerprint density at radius 3 is 2.59 bits per heavy atom. The third-order valence-corrected chi connectivity index (χ3v) is 7.87. The van der Waals surface area contributed by atoms with Crippen LogP contribution >= 0.6 is 23.2 Å². The molecule has 0 radical (unpaired) electrons. The molecule has 0 saturated carbocycles. The number of piperidine rings is 1. The van der Waals surface area contributed by atoms with Crippen LogP contribution in [-0.4, -0.2) is 50.6 Å². The van der Waals surface area contributed by atoms with Crippen molar-refractivity contribution in [2.75, 3.05) is 44.7 Å². The lowest BCUT2D eigenvalue weighted by Crippen LogP contribution is -2.46. The van der Waals surface area contributed by atoms with Crippen molar-refractivity contribution >= 4 is 34.8 Å². The molecule has 0 aromatic heterocycles. The lowest BCUT2D eigenvalue weighted by molar-refractivity contribution is -0.116. The van der Waals surface area contributed by atoms with E-state index in [1.165, 1.54) is 11.6 Å². The van der Waals surface area contributed by atoms with Gasteiger partial charge in [0.25, 0.3) is 0 Å². The van der Waals surface area contributed by atoms with E-state index in [1.54, 1.807) is 17.9 Å². The van der Waals surface area contributed by atoms with Crippen molar-refractivity contribution in [2.24, 2.45) is 0 Å². The molecule has 1 saturated heterocycles. The van der Waals surface area contributed by atoms with E-state index >= 15 is 0 Å². The molecule has 4 rings (SSSR count). The minimum absolute atomic E-state index is 0.0207. The Morgan fingerprint density at radius 2 is 1.94 bits per heavy atom. The summed E-state index contributed by atoms with van der Waals surface area (Å²) in [7, 11) is 1.96. The van der Waals surface area contributed by atoms with Gasteiger partial charge in [-0.1, -0.05) is 35.3 Å². The number of nitrogens with one attached hydrogen (secondary N) is 1. The molecular formula is C25H30Cl2FN3O. The van der Waals surface area contributed by atoms with E-state index in [2.05, 4.69) is 16.3 Å². The highest BCUT2D eigenvalue weighted by Gasteiger charge is 2.47. The van der Waals surface area contributed by atoms with Gasteiger partial charge in [-0.3, -0.25) is 4.79 Å². The number of halogens is 3. The Labute approximate surface area is 199 Å². The number of hydrogen-bond donors (Lipinski definition) is 1. The lowest BCUT2D eigenvalue weighted by Gasteiger charge is -2.40. The van der Waals surface area contributed by atoms with E-state index in [-0.39, 0.29) is 17.1 Å². The van der Waals surface area contributed by atoms with E-state index in [9.17, 15) is 9.18 Å². The van der Waals surface area contributed by atoms with Gasteiger partial charge in [-0.25, -0.2) is 4.39 Å². The summed E-state index contributed by atoms with van der Waals surface area (Å²) in [6.07, 6.45) is 2.71. The highest BCUT2D eigenvalue weighted by Crippen LogP contribution is 2.48. The number of nitrogens with zero attached hydrogens (tertiary/aromatic N) is 2. The molecule has 2 aliphatic rings. The molecule has 1 atom stereocenters. The monoisotopic (exact) mass is 477 g/mol. The first-order chi connectivity index (χ1) is 15.3. The van der Waals surface area contributed by atoms with Gasteiger partial charge in [0.15, 0.2) is 0 Å². The highest BCUT2D eigenvalue weighted by molar-refractivity contribution is 6.42. The normalized spacial score (nSPS) is 18.7. The number of hydrogen-bond acceptors (Lipinski definition) is 3. The molecular weight excluding hydrogens is 448 g/mol. The molecule has 2 aliphatic heterocycles. The molecule has 32 heavy (non-hydrogen) atoms. The van der Waals surface area contributed by atoms with Crippen LogP contribution in [0.3, 0.4) is 0 Å². The summed E-state index contributed by atoms with van der Waals surface area (Å²) < 4.78 is 14.9. The molecule has 0 aliphatic carbocycles. The Balaban J connectivity index is 1.43. The third kappa shape index (κ3) is 4.54. The van der Waals surface area contributed by atoms with Gasteiger partial charge in [-0.05, 0) is 81.7 Å². The first kappa shape index (κ1) is 23.5. The predicted molar refractivity (Wildman–Crippen MR) is 130 cm³/mol. The fourth-order valence-corrected chi connectivity index (χ4v) is 5.67. The number of amides is 1. The molecule has 1 amide bonds. The van der Waals surface area contributed by atoms with E-state index in [1.807, 2.05) is 25.2 Å². The average molecular weight is 478 g/mol. The van der Waals surface area contributed by atoms with Gasteiger partial charge in [-0.15, -0.1) is 0 Å². The first-order valence-corrected chi connectivity index (χ1v) is 12.0. The zero-order valence-electron chi connectivity index (χ0n) is 18.6. The molecule has 0 bridgehead atoms. The van der Waals surface area contributed by atoms with Crippen LogP contribution < -0.4 is 10.2 Å². The minimum Gasteiger partial charge on any atom is -0.319 e. The van der Waals surface area contributed by atoms with E-state index in [4.69, 9.17) is 23.2 Å². The van der Waals surface area contributed by atoms with Crippen LogP contribution in [0.2, 0.25) is 10.0 Å². The Morgan fingerprint density at radius 1 is 1.19 bits per heavy atom. The standard InChI is InChI=1S/C25H30Cl2FN3O/c1-17(32)31-16-25(24-22(28)4-3-5-23(24)31)9-12-30(13-10-25)11-8-19(15-29-2)18-6-7-20(26)21(27)14-18/h3-7,14,19,29H,8-13,15-16H2,1-2H3/t19-/m1/s1. The van der Waals surface area contributed by atoms with Gasteiger partial charge in [0.1, 0.15) is 5.82 Å². The summed E-state index contributed by atoms with van der Waals surface area (Å²) in [4.78, 5) is 16.4. The summed E-state index contributed by atoms with van der Waals surface area (Å²) in [5.74, 6) is 0.129. The van der Waals surface area contributed by atoms with E-state index in [0.29, 0.717) is 22.5 Å². The maximum absolute atomic E-state index is 14.9. The smallest absolute Gasteiger partial charge is 0.223 e. The van der Waals surface area contributed by atoms with E-state index in [0.717, 1.165) is 56.7 Å². The van der Waals surface area contributed by atoms with Crippen molar-refractivity contribution < 1.29 is 9.18 Å². The number of carbonyl (C=O) groups excluding carboxylic acids is 1. The summed E-state index contributed by atoms with van der Waals surface area (Å²) in [5, 5.41) is 4.44.